The first-order valence-electron chi connectivity index (χ1n) is 9.11. The molecule has 0 aromatic rings. The molecule has 0 radical (unpaired) electrons. The smallest absolute Gasteiger partial charge is 0.229 e. The molecule has 0 spiro atoms. The third kappa shape index (κ3) is 2.84. The summed E-state index contributed by atoms with van der Waals surface area (Å²) >= 11 is 0. The van der Waals surface area contributed by atoms with Crippen LogP contribution in [0.1, 0.15) is 33.6 Å². The Hall–Kier alpha value is -1.14. The molecular weight excluding hydrogens is 308 g/mol. The van der Waals surface area contributed by atoms with Crippen molar-refractivity contribution < 1.29 is 19.1 Å². The highest BCUT2D eigenvalue weighted by Crippen LogP contribution is 2.57. The molecule has 136 valence electrons. The number of rotatable bonds is 2. The normalized spacial score (nSPS) is 33.5. The molecule has 0 N–H and O–H groups in total. The summed E-state index contributed by atoms with van der Waals surface area (Å²) in [6.07, 6.45) is 1.56. The van der Waals surface area contributed by atoms with Gasteiger partial charge in [0.2, 0.25) is 11.8 Å². The monoisotopic (exact) mass is 338 g/mol. The standard InChI is InChI=1S/C18H30N2O4/c1-17(2)14(15(21)19-6-10-23-11-7-19)4-5-18(17,3)16(22)20-8-12-24-13-9-20/h14H,4-13H2,1-3H3/t14-,18+/m1/s1. The van der Waals surface area contributed by atoms with E-state index in [0.717, 1.165) is 12.8 Å². The molecule has 6 nitrogen and oxygen atoms in total. The van der Waals surface area contributed by atoms with Gasteiger partial charge in [-0.1, -0.05) is 20.8 Å². The lowest BCUT2D eigenvalue weighted by molar-refractivity contribution is -0.155. The lowest BCUT2D eigenvalue weighted by atomic mass is 9.64. The zero-order valence-corrected chi connectivity index (χ0v) is 15.2. The van der Waals surface area contributed by atoms with Gasteiger partial charge in [-0.3, -0.25) is 9.59 Å². The highest BCUT2D eigenvalue weighted by molar-refractivity contribution is 5.87. The first kappa shape index (κ1) is 17.7. The van der Waals surface area contributed by atoms with Crippen LogP contribution in [-0.2, 0) is 19.1 Å². The van der Waals surface area contributed by atoms with E-state index in [1.165, 1.54) is 0 Å². The topological polar surface area (TPSA) is 59.1 Å². The van der Waals surface area contributed by atoms with Crippen LogP contribution in [0, 0.1) is 16.7 Å². The SMILES string of the molecule is CC1(C)[C@@H](C(=O)N2CCOCC2)CC[C@@]1(C)C(=O)N1CCOCC1. The van der Waals surface area contributed by atoms with Crippen molar-refractivity contribution in [3.05, 3.63) is 0 Å². The zero-order chi connectivity index (χ0) is 17.4. The average Bonchev–Trinajstić information content (AvgIpc) is 2.86. The van der Waals surface area contributed by atoms with Gasteiger partial charge in [-0.05, 0) is 18.3 Å². The molecule has 0 aromatic carbocycles. The van der Waals surface area contributed by atoms with Crippen LogP contribution >= 0.6 is 0 Å². The van der Waals surface area contributed by atoms with Gasteiger partial charge < -0.3 is 19.3 Å². The first-order chi connectivity index (χ1) is 11.4. The Kier molecular flexibility index (Phi) is 4.89. The van der Waals surface area contributed by atoms with Crippen molar-refractivity contribution in [1.29, 1.82) is 0 Å². The molecule has 2 atom stereocenters. The van der Waals surface area contributed by atoms with Crippen molar-refractivity contribution in [2.75, 3.05) is 52.6 Å². The fraction of sp³-hybridized carbons (Fsp3) is 0.889. The van der Waals surface area contributed by atoms with Gasteiger partial charge in [0.1, 0.15) is 0 Å². The predicted molar refractivity (Wildman–Crippen MR) is 89.4 cm³/mol. The van der Waals surface area contributed by atoms with Crippen LogP contribution in [-0.4, -0.2) is 74.2 Å². The van der Waals surface area contributed by atoms with E-state index >= 15 is 0 Å². The van der Waals surface area contributed by atoms with Crippen LogP contribution in [0.5, 0.6) is 0 Å². The molecule has 3 rings (SSSR count). The Balaban J connectivity index is 1.76. The largest absolute Gasteiger partial charge is 0.378 e. The van der Waals surface area contributed by atoms with Gasteiger partial charge in [-0.15, -0.1) is 0 Å². The van der Waals surface area contributed by atoms with Crippen molar-refractivity contribution >= 4 is 11.8 Å². The van der Waals surface area contributed by atoms with Crippen molar-refractivity contribution in [1.82, 2.24) is 9.80 Å². The minimum absolute atomic E-state index is 0.0920. The molecule has 2 aliphatic heterocycles. The fourth-order valence-electron chi connectivity index (χ4n) is 4.43. The molecule has 3 aliphatic rings. The highest BCUT2D eigenvalue weighted by Gasteiger charge is 2.59. The van der Waals surface area contributed by atoms with Gasteiger partial charge in [-0.2, -0.15) is 0 Å². The second-order valence-electron chi connectivity index (χ2n) is 7.99. The van der Waals surface area contributed by atoms with E-state index in [1.807, 2.05) is 9.80 Å². The van der Waals surface area contributed by atoms with E-state index < -0.39 is 5.41 Å². The van der Waals surface area contributed by atoms with E-state index in [4.69, 9.17) is 9.47 Å². The lowest BCUT2D eigenvalue weighted by Gasteiger charge is -2.44. The minimum Gasteiger partial charge on any atom is -0.378 e. The second kappa shape index (κ2) is 6.64. The molecule has 1 saturated carbocycles. The Labute approximate surface area is 144 Å². The molecule has 6 heteroatoms. The molecule has 24 heavy (non-hydrogen) atoms. The Morgan fingerprint density at radius 2 is 1.38 bits per heavy atom. The fourth-order valence-corrected chi connectivity index (χ4v) is 4.43. The molecule has 0 bridgehead atoms. The summed E-state index contributed by atoms with van der Waals surface area (Å²) < 4.78 is 10.7. The number of morpholine rings is 2. The van der Waals surface area contributed by atoms with Gasteiger partial charge >= 0.3 is 0 Å². The van der Waals surface area contributed by atoms with E-state index in [9.17, 15) is 9.59 Å². The quantitative estimate of drug-likeness (QED) is 0.758. The molecule has 0 aromatic heterocycles. The van der Waals surface area contributed by atoms with Gasteiger partial charge in [0.05, 0.1) is 31.8 Å². The second-order valence-corrected chi connectivity index (χ2v) is 7.99. The van der Waals surface area contributed by atoms with E-state index in [-0.39, 0.29) is 23.1 Å². The number of hydrogen-bond acceptors (Lipinski definition) is 4. The number of carbonyl (C=O) groups is 2. The van der Waals surface area contributed by atoms with Crippen LogP contribution in [0.3, 0.4) is 0 Å². The molecule has 0 unspecified atom stereocenters. The van der Waals surface area contributed by atoms with Gasteiger partial charge in [0, 0.05) is 32.1 Å². The van der Waals surface area contributed by atoms with E-state index in [2.05, 4.69) is 20.8 Å². The Bertz CT molecular complexity index is 495. The highest BCUT2D eigenvalue weighted by atomic mass is 16.5. The maximum atomic E-state index is 13.2. The van der Waals surface area contributed by atoms with Crippen LogP contribution < -0.4 is 0 Å². The van der Waals surface area contributed by atoms with E-state index in [0.29, 0.717) is 52.6 Å². The summed E-state index contributed by atoms with van der Waals surface area (Å²) in [4.78, 5) is 30.1. The summed E-state index contributed by atoms with van der Waals surface area (Å²) in [5, 5.41) is 0. The third-order valence-electron chi connectivity index (χ3n) is 6.62. The summed E-state index contributed by atoms with van der Waals surface area (Å²) in [6.45, 7) is 11.3. The molecular formula is C18H30N2O4. The lowest BCUT2D eigenvalue weighted by Crippen LogP contribution is -2.54. The summed E-state index contributed by atoms with van der Waals surface area (Å²) in [7, 11) is 0. The predicted octanol–water partition coefficient (Wildman–Crippen LogP) is 1.15. The Morgan fingerprint density at radius 3 is 1.92 bits per heavy atom. The van der Waals surface area contributed by atoms with Crippen molar-refractivity contribution in [2.45, 2.75) is 33.6 Å². The number of hydrogen-bond donors (Lipinski definition) is 0. The molecule has 2 saturated heterocycles. The van der Waals surface area contributed by atoms with Gasteiger partial charge in [-0.25, -0.2) is 0 Å². The van der Waals surface area contributed by atoms with E-state index in [1.54, 1.807) is 0 Å². The average molecular weight is 338 g/mol. The molecule has 2 amide bonds. The van der Waals surface area contributed by atoms with Crippen molar-refractivity contribution in [2.24, 2.45) is 16.7 Å². The summed E-state index contributed by atoms with van der Waals surface area (Å²) in [5.74, 6) is 0.292. The first-order valence-corrected chi connectivity index (χ1v) is 9.11. The maximum Gasteiger partial charge on any atom is 0.229 e. The van der Waals surface area contributed by atoms with Crippen LogP contribution in [0.4, 0.5) is 0 Å². The minimum atomic E-state index is -0.489. The Morgan fingerprint density at radius 1 is 0.875 bits per heavy atom. The van der Waals surface area contributed by atoms with Crippen LogP contribution in [0.2, 0.25) is 0 Å². The van der Waals surface area contributed by atoms with Gasteiger partial charge in [0.15, 0.2) is 0 Å². The maximum absolute atomic E-state index is 13.2. The molecule has 3 fully saturated rings. The number of amides is 2. The number of carbonyl (C=O) groups excluding carboxylic acids is 2. The van der Waals surface area contributed by atoms with Crippen molar-refractivity contribution in [3.8, 4) is 0 Å². The summed E-state index contributed by atoms with van der Waals surface area (Å²) in [6, 6.07) is 0. The third-order valence-corrected chi connectivity index (χ3v) is 6.62. The molecule has 1 aliphatic carbocycles. The summed E-state index contributed by atoms with van der Waals surface area (Å²) in [5.41, 5.74) is -0.839. The zero-order valence-electron chi connectivity index (χ0n) is 15.2. The van der Waals surface area contributed by atoms with Gasteiger partial charge in [0.25, 0.3) is 0 Å². The van der Waals surface area contributed by atoms with Crippen LogP contribution in [0.25, 0.3) is 0 Å². The number of ether oxygens (including phenoxy) is 2. The number of nitrogens with zero attached hydrogens (tertiary/aromatic N) is 2. The van der Waals surface area contributed by atoms with Crippen LogP contribution in [0.15, 0.2) is 0 Å². The van der Waals surface area contributed by atoms with Crippen molar-refractivity contribution in [3.63, 3.8) is 0 Å². The molecule has 2 heterocycles.